The summed E-state index contributed by atoms with van der Waals surface area (Å²) < 4.78 is 26.8. The van der Waals surface area contributed by atoms with Gasteiger partial charge in [0.15, 0.2) is 0 Å². The predicted molar refractivity (Wildman–Crippen MR) is 89.7 cm³/mol. The number of hydrogen-bond acceptors (Lipinski definition) is 3. The Balaban J connectivity index is 2.45. The molecule has 0 fully saturated rings. The van der Waals surface area contributed by atoms with E-state index in [0.717, 1.165) is 10.8 Å². The molecule has 0 amide bonds. The van der Waals surface area contributed by atoms with Crippen LogP contribution in [0.4, 0.5) is 0 Å². The Kier molecular flexibility index (Phi) is 4.61. The lowest BCUT2D eigenvalue weighted by molar-refractivity contribution is 0.446. The second-order valence-corrected chi connectivity index (χ2v) is 7.55. The highest BCUT2D eigenvalue weighted by molar-refractivity contribution is 7.89. The molecule has 0 aliphatic heterocycles. The van der Waals surface area contributed by atoms with E-state index in [4.69, 9.17) is 18.0 Å². The summed E-state index contributed by atoms with van der Waals surface area (Å²) in [5.41, 5.74) is 5.57. The summed E-state index contributed by atoms with van der Waals surface area (Å²) in [5, 5.41) is 1.61. The van der Waals surface area contributed by atoms with Crippen LogP contribution in [0.5, 0.6) is 0 Å². The Morgan fingerprint density at radius 2 is 1.86 bits per heavy atom. The summed E-state index contributed by atoms with van der Waals surface area (Å²) in [6.07, 6.45) is 0. The van der Waals surface area contributed by atoms with Gasteiger partial charge >= 0.3 is 0 Å². The molecule has 21 heavy (non-hydrogen) atoms. The Labute approximate surface area is 130 Å². The number of nitrogens with zero attached hydrogens (tertiary/aromatic N) is 1. The van der Waals surface area contributed by atoms with Crippen molar-refractivity contribution in [3.63, 3.8) is 0 Å². The van der Waals surface area contributed by atoms with E-state index in [2.05, 4.69) is 0 Å². The van der Waals surface area contributed by atoms with E-state index in [0.29, 0.717) is 9.88 Å². The summed E-state index contributed by atoms with van der Waals surface area (Å²) in [6.45, 7) is 2.08. The average Bonchev–Trinajstić information content (AvgIpc) is 2.46. The monoisotopic (exact) mass is 322 g/mol. The van der Waals surface area contributed by atoms with E-state index in [1.54, 1.807) is 19.2 Å². The zero-order valence-corrected chi connectivity index (χ0v) is 13.6. The second kappa shape index (κ2) is 6.09. The van der Waals surface area contributed by atoms with Crippen molar-refractivity contribution in [2.24, 2.45) is 11.7 Å². The fourth-order valence-electron chi connectivity index (χ4n) is 2.16. The van der Waals surface area contributed by atoms with Crippen LogP contribution in [0.25, 0.3) is 10.8 Å². The molecule has 1 unspecified atom stereocenters. The second-order valence-electron chi connectivity index (χ2n) is 5.07. The predicted octanol–water partition coefficient (Wildman–Crippen LogP) is 2.38. The van der Waals surface area contributed by atoms with E-state index >= 15 is 0 Å². The van der Waals surface area contributed by atoms with E-state index in [9.17, 15) is 8.42 Å². The summed E-state index contributed by atoms with van der Waals surface area (Å²) >= 11 is 4.91. The van der Waals surface area contributed by atoms with Gasteiger partial charge < -0.3 is 5.73 Å². The standard InChI is InChI=1S/C15H18N2O2S2/c1-11(15(16)20)10-17(2)21(18,19)14-9-5-7-12-6-3-4-8-13(12)14/h3-9,11H,10H2,1-2H3,(H2,16,20). The van der Waals surface area contributed by atoms with Crippen LogP contribution in [-0.4, -0.2) is 31.3 Å². The van der Waals surface area contributed by atoms with Crippen LogP contribution >= 0.6 is 12.2 Å². The molecule has 0 heterocycles. The topological polar surface area (TPSA) is 63.4 Å². The first kappa shape index (κ1) is 15.9. The van der Waals surface area contributed by atoms with Crippen molar-refractivity contribution in [1.29, 1.82) is 0 Å². The number of sulfonamides is 1. The molecule has 1 atom stereocenters. The van der Waals surface area contributed by atoms with E-state index in [-0.39, 0.29) is 12.5 Å². The van der Waals surface area contributed by atoms with Gasteiger partial charge in [0.25, 0.3) is 0 Å². The van der Waals surface area contributed by atoms with Crippen LogP contribution in [0.1, 0.15) is 6.92 Å². The number of benzene rings is 2. The molecule has 0 bridgehead atoms. The number of thiocarbonyl (C=S) groups is 1. The lowest BCUT2D eigenvalue weighted by atomic mass is 10.1. The van der Waals surface area contributed by atoms with Crippen LogP contribution in [-0.2, 0) is 10.0 Å². The van der Waals surface area contributed by atoms with Crippen molar-refractivity contribution < 1.29 is 8.42 Å². The third-order valence-corrected chi connectivity index (χ3v) is 5.74. The molecule has 0 aliphatic carbocycles. The minimum absolute atomic E-state index is 0.172. The normalized spacial score (nSPS) is 13.5. The van der Waals surface area contributed by atoms with Gasteiger partial charge in [-0.3, -0.25) is 0 Å². The van der Waals surface area contributed by atoms with Gasteiger partial charge in [-0.15, -0.1) is 0 Å². The fraction of sp³-hybridized carbons (Fsp3) is 0.267. The molecule has 0 spiro atoms. The third-order valence-electron chi connectivity index (χ3n) is 3.45. The van der Waals surface area contributed by atoms with Gasteiger partial charge in [0.2, 0.25) is 10.0 Å². The molecule has 0 saturated carbocycles. The first-order chi connectivity index (χ1) is 9.84. The smallest absolute Gasteiger partial charge is 0.243 e. The lowest BCUT2D eigenvalue weighted by Crippen LogP contribution is -2.35. The summed E-state index contributed by atoms with van der Waals surface area (Å²) in [7, 11) is -2.03. The maximum atomic E-state index is 12.7. The number of nitrogens with two attached hydrogens (primary N) is 1. The van der Waals surface area contributed by atoms with Crippen molar-refractivity contribution in [3.05, 3.63) is 42.5 Å². The number of fused-ring (bicyclic) bond motifs is 1. The molecular weight excluding hydrogens is 304 g/mol. The highest BCUT2D eigenvalue weighted by atomic mass is 32.2. The summed E-state index contributed by atoms with van der Waals surface area (Å²) in [4.78, 5) is 0.619. The molecule has 2 rings (SSSR count). The van der Waals surface area contributed by atoms with Crippen molar-refractivity contribution in [3.8, 4) is 0 Å². The van der Waals surface area contributed by atoms with Gasteiger partial charge in [0.05, 0.1) is 9.88 Å². The Morgan fingerprint density at radius 3 is 2.52 bits per heavy atom. The Morgan fingerprint density at radius 1 is 1.24 bits per heavy atom. The van der Waals surface area contributed by atoms with Crippen molar-refractivity contribution in [1.82, 2.24) is 4.31 Å². The van der Waals surface area contributed by atoms with Crippen LogP contribution in [0.2, 0.25) is 0 Å². The highest BCUT2D eigenvalue weighted by Gasteiger charge is 2.24. The minimum Gasteiger partial charge on any atom is -0.393 e. The molecule has 2 aromatic rings. The molecule has 2 N–H and O–H groups in total. The largest absolute Gasteiger partial charge is 0.393 e. The van der Waals surface area contributed by atoms with Crippen molar-refractivity contribution in [2.75, 3.05) is 13.6 Å². The fourth-order valence-corrected chi connectivity index (χ4v) is 3.71. The van der Waals surface area contributed by atoms with E-state index < -0.39 is 10.0 Å². The van der Waals surface area contributed by atoms with Gasteiger partial charge in [-0.05, 0) is 11.5 Å². The van der Waals surface area contributed by atoms with Crippen molar-refractivity contribution >= 4 is 38.0 Å². The first-order valence-electron chi connectivity index (χ1n) is 6.57. The molecule has 2 aromatic carbocycles. The van der Waals surface area contributed by atoms with Crippen LogP contribution in [0.15, 0.2) is 47.4 Å². The van der Waals surface area contributed by atoms with E-state index in [1.807, 2.05) is 37.3 Å². The quantitative estimate of drug-likeness (QED) is 0.859. The molecular formula is C15H18N2O2S2. The van der Waals surface area contributed by atoms with Crippen LogP contribution < -0.4 is 5.73 Å². The first-order valence-corrected chi connectivity index (χ1v) is 8.42. The highest BCUT2D eigenvalue weighted by Crippen LogP contribution is 2.25. The van der Waals surface area contributed by atoms with Gasteiger partial charge in [0.1, 0.15) is 0 Å². The molecule has 4 nitrogen and oxygen atoms in total. The van der Waals surface area contributed by atoms with Gasteiger partial charge in [-0.1, -0.05) is 55.5 Å². The lowest BCUT2D eigenvalue weighted by Gasteiger charge is -2.21. The van der Waals surface area contributed by atoms with Gasteiger partial charge in [0, 0.05) is 24.9 Å². The molecule has 0 aromatic heterocycles. The third kappa shape index (κ3) is 3.23. The van der Waals surface area contributed by atoms with Crippen molar-refractivity contribution in [2.45, 2.75) is 11.8 Å². The van der Waals surface area contributed by atoms with Gasteiger partial charge in [-0.25, -0.2) is 12.7 Å². The van der Waals surface area contributed by atoms with Gasteiger partial charge in [-0.2, -0.15) is 0 Å². The maximum Gasteiger partial charge on any atom is 0.243 e. The number of hydrogen-bond donors (Lipinski definition) is 1. The Bertz CT molecular complexity index is 767. The molecule has 0 saturated heterocycles. The van der Waals surface area contributed by atoms with Crippen LogP contribution in [0.3, 0.4) is 0 Å². The zero-order valence-electron chi connectivity index (χ0n) is 12.0. The average molecular weight is 322 g/mol. The molecule has 0 aliphatic rings. The number of rotatable bonds is 5. The zero-order chi connectivity index (χ0) is 15.6. The van der Waals surface area contributed by atoms with E-state index in [1.165, 1.54) is 4.31 Å². The minimum atomic E-state index is -3.58. The van der Waals surface area contributed by atoms with Crippen LogP contribution in [0, 0.1) is 5.92 Å². The summed E-state index contributed by atoms with van der Waals surface area (Å²) in [5.74, 6) is -0.172. The molecule has 0 radical (unpaired) electrons. The maximum absolute atomic E-state index is 12.7. The summed E-state index contributed by atoms with van der Waals surface area (Å²) in [6, 6.07) is 12.7. The molecule has 6 heteroatoms. The SMILES string of the molecule is CC(CN(C)S(=O)(=O)c1cccc2ccccc12)C(N)=S. The Hall–Kier alpha value is -1.50. The molecule has 112 valence electrons.